The highest BCUT2D eigenvalue weighted by Crippen LogP contribution is 2.02. The van der Waals surface area contributed by atoms with Crippen LogP contribution in [-0.4, -0.2) is 29.4 Å². The van der Waals surface area contributed by atoms with Gasteiger partial charge in [-0.2, -0.15) is 0 Å². The second-order valence-corrected chi connectivity index (χ2v) is 4.16. The van der Waals surface area contributed by atoms with Crippen LogP contribution in [0.15, 0.2) is 24.5 Å². The molecular weight excluding hydrogens is 303 g/mol. The second-order valence-electron chi connectivity index (χ2n) is 4.16. The Kier molecular flexibility index (Phi) is 10.9. The number of aromatic nitrogens is 1. The molecule has 0 fully saturated rings. The quantitative estimate of drug-likeness (QED) is 0.752. The van der Waals surface area contributed by atoms with Crippen LogP contribution in [0.2, 0.25) is 0 Å². The second kappa shape index (κ2) is 10.4. The maximum Gasteiger partial charge on any atom is 0.243 e. The number of rotatable bonds is 5. The van der Waals surface area contributed by atoms with E-state index in [2.05, 4.69) is 15.6 Å². The Morgan fingerprint density at radius 3 is 2.50 bits per heavy atom. The molecule has 2 amide bonds. The first-order valence-corrected chi connectivity index (χ1v) is 5.74. The van der Waals surface area contributed by atoms with Crippen molar-refractivity contribution in [1.29, 1.82) is 0 Å². The minimum atomic E-state index is -0.323. The Morgan fingerprint density at radius 1 is 1.35 bits per heavy atom. The normalized spacial score (nSPS) is 12.2. The Morgan fingerprint density at radius 2 is 2.00 bits per heavy atom. The van der Waals surface area contributed by atoms with Crippen molar-refractivity contribution in [2.75, 3.05) is 11.9 Å². The zero-order chi connectivity index (χ0) is 13.5. The van der Waals surface area contributed by atoms with Gasteiger partial charge in [0, 0.05) is 18.2 Å². The third kappa shape index (κ3) is 7.28. The number of carbonyl (C=O) groups is 2. The van der Waals surface area contributed by atoms with Gasteiger partial charge in [0.15, 0.2) is 0 Å². The van der Waals surface area contributed by atoms with Crippen molar-refractivity contribution in [1.82, 2.24) is 10.3 Å². The van der Waals surface area contributed by atoms with E-state index >= 15 is 0 Å². The number of hydrogen-bond acceptors (Lipinski definition) is 4. The number of carbonyl (C=O) groups excluding carboxylic acids is 2. The Labute approximate surface area is 130 Å². The van der Waals surface area contributed by atoms with Crippen molar-refractivity contribution in [3.8, 4) is 0 Å². The van der Waals surface area contributed by atoms with Crippen molar-refractivity contribution < 1.29 is 9.59 Å². The zero-order valence-electron chi connectivity index (χ0n) is 11.3. The van der Waals surface area contributed by atoms with Crippen LogP contribution < -0.4 is 16.4 Å². The molecule has 1 aromatic heterocycles. The van der Waals surface area contributed by atoms with Crippen LogP contribution in [0.4, 0.5) is 5.69 Å². The molecule has 4 N–H and O–H groups in total. The van der Waals surface area contributed by atoms with E-state index in [0.29, 0.717) is 5.69 Å². The molecule has 0 aliphatic rings. The van der Waals surface area contributed by atoms with Gasteiger partial charge in [0.25, 0.3) is 0 Å². The number of nitrogens with two attached hydrogens (primary N) is 1. The first-order chi connectivity index (χ1) is 8.50. The lowest BCUT2D eigenvalue weighted by atomic mass is 10.0. The molecule has 0 saturated carbocycles. The smallest absolute Gasteiger partial charge is 0.243 e. The van der Waals surface area contributed by atoms with E-state index in [1.807, 2.05) is 0 Å². The van der Waals surface area contributed by atoms with E-state index in [0.717, 1.165) is 0 Å². The molecule has 2 unspecified atom stereocenters. The van der Waals surface area contributed by atoms with Gasteiger partial charge in [-0.05, 0) is 19.1 Å². The van der Waals surface area contributed by atoms with Gasteiger partial charge in [0.2, 0.25) is 11.8 Å². The summed E-state index contributed by atoms with van der Waals surface area (Å²) in [7, 11) is 0. The third-order valence-corrected chi connectivity index (χ3v) is 2.57. The van der Waals surface area contributed by atoms with Crippen LogP contribution in [0.5, 0.6) is 0 Å². The molecule has 0 aliphatic heterocycles. The summed E-state index contributed by atoms with van der Waals surface area (Å²) in [5.41, 5.74) is 6.19. The molecule has 0 bridgehead atoms. The van der Waals surface area contributed by atoms with Gasteiger partial charge in [-0.15, -0.1) is 24.8 Å². The highest BCUT2D eigenvalue weighted by molar-refractivity contribution is 5.94. The van der Waals surface area contributed by atoms with E-state index in [1.165, 1.54) is 6.20 Å². The number of hydrogen-bond donors (Lipinski definition) is 3. The summed E-state index contributed by atoms with van der Waals surface area (Å²) >= 11 is 0. The van der Waals surface area contributed by atoms with Gasteiger partial charge < -0.3 is 16.4 Å². The molecule has 1 rings (SSSR count). The maximum absolute atomic E-state index is 11.6. The van der Waals surface area contributed by atoms with Crippen molar-refractivity contribution in [2.45, 2.75) is 19.9 Å². The standard InChI is InChI=1S/C12H18N4O2.2ClH/c1-8(9(2)13)12(18)15-7-11(17)16-10-4-3-5-14-6-10;;/h3-6,8-9H,7,13H2,1-2H3,(H,15,18)(H,16,17);2*1H. The summed E-state index contributed by atoms with van der Waals surface area (Å²) in [5, 5.41) is 5.15. The highest BCUT2D eigenvalue weighted by Gasteiger charge is 2.17. The number of halogens is 2. The number of nitrogens with zero attached hydrogens (tertiary/aromatic N) is 1. The summed E-state index contributed by atoms with van der Waals surface area (Å²) in [6, 6.07) is 3.19. The van der Waals surface area contributed by atoms with Gasteiger partial charge in [0.05, 0.1) is 18.4 Å². The Balaban J connectivity index is 0. The first-order valence-electron chi connectivity index (χ1n) is 5.74. The molecular formula is C12H20Cl2N4O2. The summed E-state index contributed by atoms with van der Waals surface area (Å²) < 4.78 is 0. The Hall–Kier alpha value is -1.37. The van der Waals surface area contributed by atoms with Crippen molar-refractivity contribution in [3.05, 3.63) is 24.5 Å². The van der Waals surface area contributed by atoms with Crippen LogP contribution in [0.25, 0.3) is 0 Å². The van der Waals surface area contributed by atoms with E-state index in [4.69, 9.17) is 5.73 Å². The minimum Gasteiger partial charge on any atom is -0.347 e. The van der Waals surface area contributed by atoms with Gasteiger partial charge in [-0.25, -0.2) is 0 Å². The summed E-state index contributed by atoms with van der Waals surface area (Å²) in [4.78, 5) is 26.9. The van der Waals surface area contributed by atoms with Crippen LogP contribution >= 0.6 is 24.8 Å². The highest BCUT2D eigenvalue weighted by atomic mass is 35.5. The lowest BCUT2D eigenvalue weighted by Gasteiger charge is -2.15. The molecule has 1 aromatic rings. The fraction of sp³-hybridized carbons (Fsp3) is 0.417. The predicted octanol–water partition coefficient (Wildman–Crippen LogP) is 0.963. The lowest BCUT2D eigenvalue weighted by molar-refractivity contribution is -0.127. The van der Waals surface area contributed by atoms with E-state index < -0.39 is 0 Å². The molecule has 20 heavy (non-hydrogen) atoms. The minimum absolute atomic E-state index is 0. The predicted molar refractivity (Wildman–Crippen MR) is 83.2 cm³/mol. The largest absolute Gasteiger partial charge is 0.347 e. The number of anilines is 1. The summed E-state index contributed by atoms with van der Waals surface area (Å²) in [5.74, 6) is -0.851. The maximum atomic E-state index is 11.6. The van der Waals surface area contributed by atoms with Crippen LogP contribution in [-0.2, 0) is 9.59 Å². The summed E-state index contributed by atoms with van der Waals surface area (Å²) in [6.45, 7) is 3.39. The van der Waals surface area contributed by atoms with Gasteiger partial charge in [-0.3, -0.25) is 14.6 Å². The fourth-order valence-corrected chi connectivity index (χ4v) is 1.21. The lowest BCUT2D eigenvalue weighted by Crippen LogP contribution is -2.41. The molecule has 8 heteroatoms. The molecule has 0 spiro atoms. The average Bonchev–Trinajstić information content (AvgIpc) is 2.36. The van der Waals surface area contributed by atoms with Gasteiger partial charge in [-0.1, -0.05) is 6.92 Å². The monoisotopic (exact) mass is 322 g/mol. The van der Waals surface area contributed by atoms with Gasteiger partial charge in [0.1, 0.15) is 0 Å². The molecule has 114 valence electrons. The van der Waals surface area contributed by atoms with Crippen LogP contribution in [0.3, 0.4) is 0 Å². The number of pyridine rings is 1. The molecule has 0 radical (unpaired) electrons. The van der Waals surface area contributed by atoms with Crippen molar-refractivity contribution in [2.24, 2.45) is 11.7 Å². The number of amides is 2. The van der Waals surface area contributed by atoms with Gasteiger partial charge >= 0.3 is 0 Å². The molecule has 0 aliphatic carbocycles. The van der Waals surface area contributed by atoms with Crippen molar-refractivity contribution >= 4 is 42.3 Å². The number of nitrogens with one attached hydrogen (secondary N) is 2. The fourth-order valence-electron chi connectivity index (χ4n) is 1.21. The third-order valence-electron chi connectivity index (χ3n) is 2.57. The molecule has 2 atom stereocenters. The van der Waals surface area contributed by atoms with E-state index in [9.17, 15) is 9.59 Å². The van der Waals surface area contributed by atoms with E-state index in [1.54, 1.807) is 32.2 Å². The molecule has 6 nitrogen and oxygen atoms in total. The average molecular weight is 323 g/mol. The molecule has 0 aromatic carbocycles. The topological polar surface area (TPSA) is 97.1 Å². The zero-order valence-corrected chi connectivity index (χ0v) is 13.0. The molecule has 0 saturated heterocycles. The SMILES string of the molecule is CC(N)C(C)C(=O)NCC(=O)Nc1cccnc1.Cl.Cl. The van der Waals surface area contributed by atoms with Crippen LogP contribution in [0.1, 0.15) is 13.8 Å². The first kappa shape index (κ1) is 20.9. The van der Waals surface area contributed by atoms with Crippen LogP contribution in [0, 0.1) is 5.92 Å². The Bertz CT molecular complexity index is 415. The molecule has 1 heterocycles. The summed E-state index contributed by atoms with van der Waals surface area (Å²) in [6.07, 6.45) is 3.14. The van der Waals surface area contributed by atoms with Crippen molar-refractivity contribution in [3.63, 3.8) is 0 Å². The van der Waals surface area contributed by atoms with E-state index in [-0.39, 0.29) is 55.1 Å².